The second-order valence-corrected chi connectivity index (χ2v) is 7.93. The van der Waals surface area contributed by atoms with Gasteiger partial charge in [0.25, 0.3) is 0 Å². The Bertz CT molecular complexity index is 452. The average molecular weight is 336 g/mol. The molecule has 2 aliphatic carbocycles. The third-order valence-corrected chi connectivity index (χ3v) is 5.91. The maximum Gasteiger partial charge on any atom is 0.331 e. The molecule has 24 heavy (non-hydrogen) atoms. The average Bonchev–Trinajstić information content (AvgIpc) is 3.06. The zero-order valence-electron chi connectivity index (χ0n) is 15.4. The Morgan fingerprint density at radius 1 is 0.875 bits per heavy atom. The molecule has 4 heteroatoms. The van der Waals surface area contributed by atoms with Crippen molar-refractivity contribution in [1.29, 1.82) is 0 Å². The van der Waals surface area contributed by atoms with E-state index >= 15 is 0 Å². The van der Waals surface area contributed by atoms with Crippen molar-refractivity contribution in [3.05, 3.63) is 12.2 Å². The lowest BCUT2D eigenvalue weighted by atomic mass is 9.69. The van der Waals surface area contributed by atoms with Gasteiger partial charge in [-0.3, -0.25) is 0 Å². The van der Waals surface area contributed by atoms with Gasteiger partial charge in [-0.25, -0.2) is 9.59 Å². The fraction of sp³-hybridized carbons (Fsp3) is 0.800. The number of hydrogen-bond acceptors (Lipinski definition) is 4. The van der Waals surface area contributed by atoms with E-state index in [1.165, 1.54) is 18.6 Å². The van der Waals surface area contributed by atoms with E-state index in [2.05, 4.69) is 20.8 Å². The van der Waals surface area contributed by atoms with E-state index in [1.807, 2.05) is 0 Å². The second kappa shape index (κ2) is 8.68. The maximum absolute atomic E-state index is 11.9. The standard InChI is InChI=1S/C20H32O4/c1-4-20(2,3)15-9-11-17(12-10-15)24-19(22)14-13-18(21)23-16-7-5-6-8-16/h13-17H,4-12H2,1-3H3/b14-13+. The molecule has 0 saturated heterocycles. The number of ether oxygens (including phenoxy) is 2. The lowest BCUT2D eigenvalue weighted by Crippen LogP contribution is -2.31. The van der Waals surface area contributed by atoms with Crippen molar-refractivity contribution in [2.45, 2.75) is 90.8 Å². The molecule has 2 aliphatic rings. The molecule has 2 fully saturated rings. The van der Waals surface area contributed by atoms with Gasteiger partial charge < -0.3 is 9.47 Å². The van der Waals surface area contributed by atoms with E-state index in [-0.39, 0.29) is 12.2 Å². The van der Waals surface area contributed by atoms with E-state index in [0.717, 1.165) is 51.4 Å². The highest BCUT2D eigenvalue weighted by molar-refractivity contribution is 5.91. The van der Waals surface area contributed by atoms with Crippen LogP contribution in [0.25, 0.3) is 0 Å². The number of rotatable bonds is 6. The van der Waals surface area contributed by atoms with Crippen LogP contribution in [0.4, 0.5) is 0 Å². The lowest BCUT2D eigenvalue weighted by molar-refractivity contribution is -0.147. The summed E-state index contributed by atoms with van der Waals surface area (Å²) in [5, 5.41) is 0. The van der Waals surface area contributed by atoms with Gasteiger partial charge >= 0.3 is 11.9 Å². The first-order valence-electron chi connectivity index (χ1n) is 9.50. The summed E-state index contributed by atoms with van der Waals surface area (Å²) in [7, 11) is 0. The van der Waals surface area contributed by atoms with Crippen LogP contribution in [0.15, 0.2) is 12.2 Å². The number of hydrogen-bond donors (Lipinski definition) is 0. The first-order chi connectivity index (χ1) is 11.4. The van der Waals surface area contributed by atoms with Crippen LogP contribution in [0, 0.1) is 11.3 Å². The van der Waals surface area contributed by atoms with Crippen LogP contribution in [0.1, 0.15) is 78.6 Å². The minimum atomic E-state index is -0.438. The van der Waals surface area contributed by atoms with E-state index in [0.29, 0.717) is 11.3 Å². The Morgan fingerprint density at radius 3 is 1.79 bits per heavy atom. The Kier molecular flexibility index (Phi) is 6.88. The van der Waals surface area contributed by atoms with Crippen molar-refractivity contribution in [3.8, 4) is 0 Å². The Balaban J connectivity index is 1.69. The number of carbonyl (C=O) groups excluding carboxylic acids is 2. The van der Waals surface area contributed by atoms with E-state index in [9.17, 15) is 9.59 Å². The smallest absolute Gasteiger partial charge is 0.331 e. The van der Waals surface area contributed by atoms with Crippen LogP contribution in [-0.2, 0) is 19.1 Å². The summed E-state index contributed by atoms with van der Waals surface area (Å²) in [5.41, 5.74) is 0.360. The Hall–Kier alpha value is -1.32. The normalized spacial score (nSPS) is 25.8. The molecule has 4 nitrogen and oxygen atoms in total. The van der Waals surface area contributed by atoms with Gasteiger partial charge in [-0.1, -0.05) is 27.2 Å². The van der Waals surface area contributed by atoms with Gasteiger partial charge in [-0.15, -0.1) is 0 Å². The molecule has 0 aromatic heterocycles. The highest BCUT2D eigenvalue weighted by Crippen LogP contribution is 2.41. The van der Waals surface area contributed by atoms with Crippen LogP contribution in [-0.4, -0.2) is 24.1 Å². The molecule has 0 spiro atoms. The molecule has 0 bridgehead atoms. The molecule has 136 valence electrons. The van der Waals surface area contributed by atoms with Gasteiger partial charge in [0.05, 0.1) is 0 Å². The predicted molar refractivity (Wildman–Crippen MR) is 93.4 cm³/mol. The van der Waals surface area contributed by atoms with Gasteiger partial charge in [0.1, 0.15) is 12.2 Å². The van der Waals surface area contributed by atoms with Crippen LogP contribution < -0.4 is 0 Å². The van der Waals surface area contributed by atoms with Gasteiger partial charge in [-0.2, -0.15) is 0 Å². The topological polar surface area (TPSA) is 52.6 Å². The molecular weight excluding hydrogens is 304 g/mol. The molecule has 0 amide bonds. The predicted octanol–water partition coefficient (Wildman–Crippen LogP) is 4.57. The van der Waals surface area contributed by atoms with Gasteiger partial charge in [0.2, 0.25) is 0 Å². The monoisotopic (exact) mass is 336 g/mol. The molecule has 0 atom stereocenters. The maximum atomic E-state index is 11.9. The third-order valence-electron chi connectivity index (χ3n) is 5.91. The highest BCUT2D eigenvalue weighted by Gasteiger charge is 2.32. The number of esters is 2. The van der Waals surface area contributed by atoms with Gasteiger partial charge in [0.15, 0.2) is 0 Å². The van der Waals surface area contributed by atoms with Crippen molar-refractivity contribution < 1.29 is 19.1 Å². The van der Waals surface area contributed by atoms with Crippen molar-refractivity contribution in [2.75, 3.05) is 0 Å². The summed E-state index contributed by atoms with van der Waals surface area (Å²) in [5.74, 6) is -0.168. The number of carbonyl (C=O) groups is 2. The van der Waals surface area contributed by atoms with Crippen LogP contribution in [0.2, 0.25) is 0 Å². The summed E-state index contributed by atoms with van der Waals surface area (Å²) in [6.07, 6.45) is 11.7. The molecule has 0 N–H and O–H groups in total. The first-order valence-corrected chi connectivity index (χ1v) is 9.50. The molecule has 0 heterocycles. The molecule has 0 radical (unpaired) electrons. The fourth-order valence-electron chi connectivity index (χ4n) is 3.80. The first kappa shape index (κ1) is 19.0. The molecule has 0 aromatic carbocycles. The summed E-state index contributed by atoms with van der Waals surface area (Å²) in [4.78, 5) is 23.5. The summed E-state index contributed by atoms with van der Waals surface area (Å²) >= 11 is 0. The molecule has 0 unspecified atom stereocenters. The van der Waals surface area contributed by atoms with E-state index in [1.54, 1.807) is 0 Å². The Labute approximate surface area is 146 Å². The zero-order chi connectivity index (χ0) is 17.6. The van der Waals surface area contributed by atoms with Crippen LogP contribution in [0.3, 0.4) is 0 Å². The van der Waals surface area contributed by atoms with E-state index < -0.39 is 11.9 Å². The SMILES string of the molecule is CCC(C)(C)C1CCC(OC(=O)/C=C/C(=O)OC2CCCC2)CC1. The summed E-state index contributed by atoms with van der Waals surface area (Å²) in [6.45, 7) is 6.88. The zero-order valence-corrected chi connectivity index (χ0v) is 15.4. The summed E-state index contributed by atoms with van der Waals surface area (Å²) < 4.78 is 10.8. The van der Waals surface area contributed by atoms with Crippen molar-refractivity contribution >= 4 is 11.9 Å². The molecule has 2 rings (SSSR count). The van der Waals surface area contributed by atoms with Gasteiger partial charge in [-0.05, 0) is 62.7 Å². The minimum absolute atomic E-state index is 0.0168. The highest BCUT2D eigenvalue weighted by atomic mass is 16.5. The van der Waals surface area contributed by atoms with Crippen molar-refractivity contribution in [1.82, 2.24) is 0 Å². The van der Waals surface area contributed by atoms with E-state index in [4.69, 9.17) is 9.47 Å². The molecule has 2 saturated carbocycles. The molecule has 0 aromatic rings. The second-order valence-electron chi connectivity index (χ2n) is 7.93. The fourth-order valence-corrected chi connectivity index (χ4v) is 3.80. The quantitative estimate of drug-likeness (QED) is 0.527. The van der Waals surface area contributed by atoms with Crippen molar-refractivity contribution in [3.63, 3.8) is 0 Å². The minimum Gasteiger partial charge on any atom is -0.459 e. The third kappa shape index (κ3) is 5.64. The Morgan fingerprint density at radius 2 is 1.33 bits per heavy atom. The molecular formula is C20H32O4. The lowest BCUT2D eigenvalue weighted by Gasteiger charge is -2.38. The van der Waals surface area contributed by atoms with Gasteiger partial charge in [0, 0.05) is 12.2 Å². The van der Waals surface area contributed by atoms with Crippen molar-refractivity contribution in [2.24, 2.45) is 11.3 Å². The van der Waals surface area contributed by atoms with Crippen LogP contribution >= 0.6 is 0 Å². The molecule has 0 aliphatic heterocycles. The largest absolute Gasteiger partial charge is 0.459 e. The summed E-state index contributed by atoms with van der Waals surface area (Å²) in [6, 6.07) is 0. The van der Waals surface area contributed by atoms with Crippen LogP contribution in [0.5, 0.6) is 0 Å².